The molecule has 0 radical (unpaired) electrons. The third-order valence-electron chi connectivity index (χ3n) is 3.13. The van der Waals surface area contributed by atoms with Gasteiger partial charge >= 0.3 is 5.97 Å². The monoisotopic (exact) mass is 361 g/mol. The van der Waals surface area contributed by atoms with Crippen LogP contribution in [0.1, 0.15) is 15.9 Å². The number of nitrogens with zero attached hydrogens (tertiary/aromatic N) is 1. The molecule has 2 aromatic carbocycles. The Balaban J connectivity index is 1.87. The molecule has 0 aliphatic rings. The molecule has 4 nitrogen and oxygen atoms in total. The normalized spacial score (nSPS) is 10.1. The zero-order valence-corrected chi connectivity index (χ0v) is 13.7. The number of hydrogen-bond acceptors (Lipinski definition) is 3. The summed E-state index contributed by atoms with van der Waals surface area (Å²) in [6.45, 7) is 0.178. The molecule has 0 fully saturated rings. The highest BCUT2D eigenvalue weighted by Crippen LogP contribution is 2.17. The fourth-order valence-corrected chi connectivity index (χ4v) is 2.28. The first-order valence-electron chi connectivity index (χ1n) is 6.77. The number of carbonyl (C=O) groups excluding carboxylic acids is 2. The van der Waals surface area contributed by atoms with Crippen LogP contribution >= 0.6 is 15.9 Å². The Morgan fingerprint density at radius 3 is 2.36 bits per heavy atom. The number of likely N-dealkylation sites (N-methyl/N-ethyl adjacent to an activating group) is 1. The number of hydrogen-bond donors (Lipinski definition) is 0. The van der Waals surface area contributed by atoms with Gasteiger partial charge in [0.2, 0.25) is 0 Å². The summed E-state index contributed by atoms with van der Waals surface area (Å²) in [7, 11) is 1.68. The first kappa shape index (κ1) is 16.2. The average molecular weight is 362 g/mol. The van der Waals surface area contributed by atoms with Crippen LogP contribution < -0.4 is 0 Å². The zero-order valence-electron chi connectivity index (χ0n) is 12.2. The van der Waals surface area contributed by atoms with Gasteiger partial charge in [0.05, 0.1) is 5.56 Å². The van der Waals surface area contributed by atoms with Gasteiger partial charge in [-0.25, -0.2) is 4.79 Å². The summed E-state index contributed by atoms with van der Waals surface area (Å²) in [6.07, 6.45) is 0. The van der Waals surface area contributed by atoms with E-state index in [1.807, 2.05) is 30.3 Å². The number of rotatable bonds is 5. The molecule has 22 heavy (non-hydrogen) atoms. The van der Waals surface area contributed by atoms with Crippen molar-refractivity contribution >= 4 is 27.8 Å². The van der Waals surface area contributed by atoms with Gasteiger partial charge in [0.1, 0.15) is 0 Å². The molecule has 0 aliphatic carbocycles. The summed E-state index contributed by atoms with van der Waals surface area (Å²) in [4.78, 5) is 25.3. The van der Waals surface area contributed by atoms with Crippen LogP contribution in [0.5, 0.6) is 0 Å². The largest absolute Gasteiger partial charge is 0.452 e. The Hall–Kier alpha value is -2.14. The molecule has 0 bridgehead atoms. The summed E-state index contributed by atoms with van der Waals surface area (Å²) >= 11 is 3.44. The smallest absolute Gasteiger partial charge is 0.338 e. The van der Waals surface area contributed by atoms with Crippen molar-refractivity contribution in [2.75, 3.05) is 13.7 Å². The lowest BCUT2D eigenvalue weighted by molar-refractivity contribution is -0.133. The highest BCUT2D eigenvalue weighted by molar-refractivity contribution is 9.10. The molecule has 0 N–H and O–H groups in total. The lowest BCUT2D eigenvalue weighted by atomic mass is 10.2. The predicted octanol–water partition coefficient (Wildman–Crippen LogP) is 3.26. The van der Waals surface area contributed by atoms with Crippen LogP contribution in [0.4, 0.5) is 0 Å². The first-order valence-corrected chi connectivity index (χ1v) is 7.57. The van der Waals surface area contributed by atoms with Gasteiger partial charge in [-0.1, -0.05) is 52.3 Å². The van der Waals surface area contributed by atoms with Crippen molar-refractivity contribution in [3.8, 4) is 0 Å². The standard InChI is InChI=1S/C17H16BrNO3/c1-19(11-14-9-5-6-10-15(14)18)16(20)12-22-17(21)13-7-3-2-4-8-13/h2-10H,11-12H2,1H3. The maximum Gasteiger partial charge on any atom is 0.338 e. The molecule has 0 atom stereocenters. The van der Waals surface area contributed by atoms with E-state index in [0.29, 0.717) is 12.1 Å². The second kappa shape index (κ2) is 7.75. The molecule has 5 heteroatoms. The van der Waals surface area contributed by atoms with Gasteiger partial charge in [-0.3, -0.25) is 4.79 Å². The molecular weight excluding hydrogens is 346 g/mol. The van der Waals surface area contributed by atoms with Crippen molar-refractivity contribution < 1.29 is 14.3 Å². The van der Waals surface area contributed by atoms with Crippen molar-refractivity contribution in [3.05, 3.63) is 70.2 Å². The molecule has 0 aliphatic heterocycles. The Morgan fingerprint density at radius 2 is 1.68 bits per heavy atom. The van der Waals surface area contributed by atoms with E-state index in [2.05, 4.69) is 15.9 Å². The van der Waals surface area contributed by atoms with Crippen molar-refractivity contribution in [2.45, 2.75) is 6.54 Å². The Bertz CT molecular complexity index is 658. The fraction of sp³-hybridized carbons (Fsp3) is 0.176. The maximum atomic E-state index is 12.0. The van der Waals surface area contributed by atoms with E-state index >= 15 is 0 Å². The topological polar surface area (TPSA) is 46.6 Å². The number of esters is 1. The van der Waals surface area contributed by atoms with Gasteiger partial charge in [0, 0.05) is 18.1 Å². The predicted molar refractivity (Wildman–Crippen MR) is 87.3 cm³/mol. The molecule has 2 aromatic rings. The van der Waals surface area contributed by atoms with Crippen LogP contribution in [0, 0.1) is 0 Å². The fourth-order valence-electron chi connectivity index (χ4n) is 1.87. The van der Waals surface area contributed by atoms with E-state index in [0.717, 1.165) is 10.0 Å². The summed E-state index contributed by atoms with van der Waals surface area (Å²) in [5.74, 6) is -0.747. The zero-order chi connectivity index (χ0) is 15.9. The molecule has 1 amide bonds. The minimum Gasteiger partial charge on any atom is -0.452 e. The molecule has 0 saturated heterocycles. The second-order valence-corrected chi connectivity index (χ2v) is 5.64. The minimum absolute atomic E-state index is 0.250. The van der Waals surface area contributed by atoms with E-state index in [9.17, 15) is 9.59 Å². The van der Waals surface area contributed by atoms with Crippen molar-refractivity contribution in [1.29, 1.82) is 0 Å². The van der Waals surface area contributed by atoms with Gasteiger partial charge in [-0.2, -0.15) is 0 Å². The van der Waals surface area contributed by atoms with E-state index in [1.165, 1.54) is 4.90 Å². The molecule has 0 aromatic heterocycles. The lowest BCUT2D eigenvalue weighted by Crippen LogP contribution is -2.30. The van der Waals surface area contributed by atoms with Gasteiger partial charge in [-0.05, 0) is 23.8 Å². The van der Waals surface area contributed by atoms with Gasteiger partial charge < -0.3 is 9.64 Å². The number of benzene rings is 2. The van der Waals surface area contributed by atoms with Gasteiger partial charge in [-0.15, -0.1) is 0 Å². The number of halogens is 1. The van der Waals surface area contributed by atoms with Crippen LogP contribution in [-0.4, -0.2) is 30.4 Å². The Morgan fingerprint density at radius 1 is 1.05 bits per heavy atom. The van der Waals surface area contributed by atoms with E-state index in [-0.39, 0.29) is 12.5 Å². The summed E-state index contributed by atoms with van der Waals surface area (Å²) in [5.41, 5.74) is 1.43. The number of carbonyl (C=O) groups is 2. The average Bonchev–Trinajstić information content (AvgIpc) is 2.55. The molecule has 0 unspecified atom stereocenters. The minimum atomic E-state index is -0.497. The molecule has 0 heterocycles. The highest BCUT2D eigenvalue weighted by atomic mass is 79.9. The summed E-state index contributed by atoms with van der Waals surface area (Å²) in [6, 6.07) is 16.3. The van der Waals surface area contributed by atoms with Crippen LogP contribution in [0.2, 0.25) is 0 Å². The maximum absolute atomic E-state index is 12.0. The number of amides is 1. The molecule has 0 spiro atoms. The van der Waals surface area contributed by atoms with Crippen molar-refractivity contribution in [1.82, 2.24) is 4.90 Å². The lowest BCUT2D eigenvalue weighted by Gasteiger charge is -2.18. The number of ether oxygens (including phenoxy) is 1. The molecule has 114 valence electrons. The van der Waals surface area contributed by atoms with Crippen LogP contribution in [0.3, 0.4) is 0 Å². The second-order valence-electron chi connectivity index (χ2n) is 4.78. The summed E-state index contributed by atoms with van der Waals surface area (Å²) in [5, 5.41) is 0. The third kappa shape index (κ3) is 4.43. The molecular formula is C17H16BrNO3. The highest BCUT2D eigenvalue weighted by Gasteiger charge is 2.14. The van der Waals surface area contributed by atoms with Crippen molar-refractivity contribution in [2.24, 2.45) is 0 Å². The first-order chi connectivity index (χ1) is 10.6. The quantitative estimate of drug-likeness (QED) is 0.767. The molecule has 0 saturated carbocycles. The Kier molecular flexibility index (Phi) is 5.72. The third-order valence-corrected chi connectivity index (χ3v) is 3.90. The van der Waals surface area contributed by atoms with Gasteiger partial charge in [0.25, 0.3) is 5.91 Å². The van der Waals surface area contributed by atoms with Crippen LogP contribution in [-0.2, 0) is 16.1 Å². The van der Waals surface area contributed by atoms with Crippen LogP contribution in [0.15, 0.2) is 59.1 Å². The SMILES string of the molecule is CN(Cc1ccccc1Br)C(=O)COC(=O)c1ccccc1. The van der Waals surface area contributed by atoms with E-state index < -0.39 is 5.97 Å². The molecule has 2 rings (SSSR count). The Labute approximate surface area is 137 Å². The van der Waals surface area contributed by atoms with Gasteiger partial charge in [0.15, 0.2) is 6.61 Å². The van der Waals surface area contributed by atoms with Crippen LogP contribution in [0.25, 0.3) is 0 Å². The van der Waals surface area contributed by atoms with E-state index in [1.54, 1.807) is 31.3 Å². The summed E-state index contributed by atoms with van der Waals surface area (Å²) < 4.78 is 5.98. The van der Waals surface area contributed by atoms with Crippen molar-refractivity contribution in [3.63, 3.8) is 0 Å². The van der Waals surface area contributed by atoms with E-state index in [4.69, 9.17) is 4.74 Å².